The molecule has 1 aromatic heterocycles. The number of hydrogen-bond acceptors (Lipinski definition) is 7. The van der Waals surface area contributed by atoms with Crippen molar-refractivity contribution < 1.29 is 18.7 Å². The molecule has 3 saturated heterocycles. The first-order chi connectivity index (χ1) is 21.3. The molecule has 0 radical (unpaired) electrons. The maximum absolute atomic E-state index is 13.8. The van der Waals surface area contributed by atoms with Crippen molar-refractivity contribution >= 4 is 45.6 Å². The van der Waals surface area contributed by atoms with Crippen molar-refractivity contribution in [3.63, 3.8) is 0 Å². The van der Waals surface area contributed by atoms with Crippen LogP contribution in [-0.4, -0.2) is 59.7 Å². The first-order valence-electron chi connectivity index (χ1n) is 15.8. The highest BCUT2D eigenvalue weighted by atomic mass is 35.5. The number of benzene rings is 2. The van der Waals surface area contributed by atoms with Crippen LogP contribution in [0, 0.1) is 23.1 Å². The van der Waals surface area contributed by atoms with Gasteiger partial charge in [0.1, 0.15) is 23.7 Å². The number of carbonyl (C=O) groups is 1. The standard InChI is InChI=1S/C34H39ClFN5O3/c1-41-11-9-34(10-12-41)18-22(34)19-43-31-17-29-26(33(38-20-37-29)39-23-5-8-28(36)27(35)15-23)16-30(31)40-32(42)4-2-3-21-13-24-6-7-25(14-21)44-24/h2,4-5,8,15-17,20-22,24-25H,3,6-7,9-14,18-19H2,1H3,(H,40,42)(H,37,38,39). The van der Waals surface area contributed by atoms with Crippen LogP contribution >= 0.6 is 11.6 Å². The number of ether oxygens (including phenoxy) is 2. The summed E-state index contributed by atoms with van der Waals surface area (Å²) in [5, 5.41) is 6.98. The fraction of sp³-hybridized carbons (Fsp3) is 0.500. The number of carbonyl (C=O) groups excluding carboxylic acids is 1. The summed E-state index contributed by atoms with van der Waals surface area (Å²) >= 11 is 6.01. The minimum atomic E-state index is -0.494. The molecular formula is C34H39ClFN5O3. The zero-order valence-corrected chi connectivity index (χ0v) is 25.8. The fourth-order valence-corrected chi connectivity index (χ4v) is 7.53. The smallest absolute Gasteiger partial charge is 0.248 e. The third kappa shape index (κ3) is 6.41. The largest absolute Gasteiger partial charge is 0.491 e. The number of piperidine rings is 1. The monoisotopic (exact) mass is 619 g/mol. The second-order valence-corrected chi connectivity index (χ2v) is 13.5. The average Bonchev–Trinajstić information content (AvgIpc) is 3.58. The van der Waals surface area contributed by atoms with Crippen LogP contribution in [-0.2, 0) is 9.53 Å². The third-order valence-corrected chi connectivity index (χ3v) is 10.4. The molecule has 8 nitrogen and oxygen atoms in total. The van der Waals surface area contributed by atoms with Gasteiger partial charge in [0, 0.05) is 17.1 Å². The third-order valence-electron chi connectivity index (χ3n) is 10.1. The van der Waals surface area contributed by atoms with Crippen LogP contribution in [0.2, 0.25) is 5.02 Å². The van der Waals surface area contributed by atoms with Crippen LogP contribution in [0.3, 0.4) is 0 Å². The molecule has 3 aliphatic heterocycles. The molecular weight excluding hydrogens is 581 g/mol. The van der Waals surface area contributed by atoms with Gasteiger partial charge in [-0.1, -0.05) is 17.7 Å². The topological polar surface area (TPSA) is 88.6 Å². The lowest BCUT2D eigenvalue weighted by atomic mass is 9.91. The number of anilines is 3. The van der Waals surface area contributed by atoms with E-state index in [1.54, 1.807) is 12.1 Å². The van der Waals surface area contributed by atoms with Gasteiger partial charge in [-0.2, -0.15) is 0 Å². The van der Waals surface area contributed by atoms with Gasteiger partial charge in [0.15, 0.2) is 0 Å². The van der Waals surface area contributed by atoms with Gasteiger partial charge in [0.25, 0.3) is 0 Å². The molecule has 232 valence electrons. The summed E-state index contributed by atoms with van der Waals surface area (Å²) in [5.41, 5.74) is 2.20. The maximum atomic E-state index is 13.8. The predicted molar refractivity (Wildman–Crippen MR) is 170 cm³/mol. The van der Waals surface area contributed by atoms with Crippen molar-refractivity contribution in [3.8, 4) is 5.75 Å². The summed E-state index contributed by atoms with van der Waals surface area (Å²) in [6, 6.07) is 8.11. The Morgan fingerprint density at radius 1 is 1.18 bits per heavy atom. The van der Waals surface area contributed by atoms with Crippen LogP contribution in [0.25, 0.3) is 10.9 Å². The van der Waals surface area contributed by atoms with Gasteiger partial charge in [0.05, 0.1) is 35.0 Å². The number of halogens is 2. The number of fused-ring (bicyclic) bond motifs is 3. The number of allylic oxidation sites excluding steroid dienone is 1. The van der Waals surface area contributed by atoms with Crippen molar-refractivity contribution in [1.29, 1.82) is 0 Å². The van der Waals surface area contributed by atoms with Crippen LogP contribution in [0.15, 0.2) is 48.8 Å². The van der Waals surface area contributed by atoms with Crippen LogP contribution in [0.5, 0.6) is 5.75 Å². The van der Waals surface area contributed by atoms with Crippen LogP contribution in [0.4, 0.5) is 21.6 Å². The molecule has 2 bridgehead atoms. The summed E-state index contributed by atoms with van der Waals surface area (Å²) in [6.07, 6.45) is 14.7. The van der Waals surface area contributed by atoms with Crippen molar-refractivity contribution in [2.75, 3.05) is 37.4 Å². The van der Waals surface area contributed by atoms with E-state index in [1.807, 2.05) is 18.2 Å². The van der Waals surface area contributed by atoms with E-state index in [0.717, 1.165) is 45.2 Å². The zero-order valence-electron chi connectivity index (χ0n) is 25.0. The van der Waals surface area contributed by atoms with E-state index in [-0.39, 0.29) is 10.9 Å². The maximum Gasteiger partial charge on any atom is 0.248 e. The van der Waals surface area contributed by atoms with Gasteiger partial charge in [-0.15, -0.1) is 0 Å². The Balaban J connectivity index is 1.10. The molecule has 1 amide bonds. The first-order valence-corrected chi connectivity index (χ1v) is 16.2. The Hall–Kier alpha value is -3.27. The second-order valence-electron chi connectivity index (χ2n) is 13.1. The summed E-state index contributed by atoms with van der Waals surface area (Å²) in [5.74, 6) is 1.46. The molecule has 7 rings (SSSR count). The molecule has 4 heterocycles. The Kier molecular flexibility index (Phi) is 8.20. The van der Waals surface area contributed by atoms with Gasteiger partial charge in [-0.3, -0.25) is 4.79 Å². The van der Waals surface area contributed by atoms with Crippen LogP contribution in [0.1, 0.15) is 51.4 Å². The summed E-state index contributed by atoms with van der Waals surface area (Å²) in [4.78, 5) is 24.5. The van der Waals surface area contributed by atoms with Gasteiger partial charge >= 0.3 is 0 Å². The first kappa shape index (κ1) is 29.4. The van der Waals surface area contributed by atoms with E-state index in [2.05, 4.69) is 32.5 Å². The Labute approximate surface area is 262 Å². The van der Waals surface area contributed by atoms with Gasteiger partial charge < -0.3 is 25.0 Å². The van der Waals surface area contributed by atoms with Gasteiger partial charge in [-0.05, 0) is 119 Å². The molecule has 3 unspecified atom stereocenters. The lowest BCUT2D eigenvalue weighted by molar-refractivity contribution is -0.111. The molecule has 1 saturated carbocycles. The number of amides is 1. The molecule has 10 heteroatoms. The molecule has 44 heavy (non-hydrogen) atoms. The lowest BCUT2D eigenvalue weighted by Crippen LogP contribution is -2.32. The molecule has 4 fully saturated rings. The fourth-order valence-electron chi connectivity index (χ4n) is 7.35. The Morgan fingerprint density at radius 2 is 1.98 bits per heavy atom. The van der Waals surface area contributed by atoms with Crippen LogP contribution < -0.4 is 15.4 Å². The molecule has 3 aromatic rings. The molecule has 2 N–H and O–H groups in total. The predicted octanol–water partition coefficient (Wildman–Crippen LogP) is 7.12. The van der Waals surface area contributed by atoms with Gasteiger partial charge in [0.2, 0.25) is 5.91 Å². The van der Waals surface area contributed by atoms with E-state index < -0.39 is 5.82 Å². The van der Waals surface area contributed by atoms with Crippen molar-refractivity contribution in [2.24, 2.45) is 17.3 Å². The molecule has 1 spiro atoms. The van der Waals surface area contributed by atoms with Crippen molar-refractivity contribution in [2.45, 2.75) is 63.6 Å². The summed E-state index contributed by atoms with van der Waals surface area (Å²) < 4.78 is 26.2. The highest BCUT2D eigenvalue weighted by molar-refractivity contribution is 6.31. The molecule has 3 atom stereocenters. The van der Waals surface area contributed by atoms with E-state index in [9.17, 15) is 9.18 Å². The normalized spacial score (nSPS) is 25.9. The Bertz CT molecular complexity index is 1560. The number of likely N-dealkylation sites (tertiary alicyclic amines) is 1. The molecule has 2 aromatic carbocycles. The number of hydrogen-bond donors (Lipinski definition) is 2. The molecule has 1 aliphatic carbocycles. The number of aromatic nitrogens is 2. The minimum Gasteiger partial charge on any atom is -0.491 e. The lowest BCUT2D eigenvalue weighted by Gasteiger charge is -2.30. The summed E-state index contributed by atoms with van der Waals surface area (Å²) in [6.45, 7) is 2.85. The van der Waals surface area contributed by atoms with E-state index in [4.69, 9.17) is 21.1 Å². The number of nitrogens with one attached hydrogen (secondary N) is 2. The van der Waals surface area contributed by atoms with E-state index in [1.165, 1.54) is 37.7 Å². The van der Waals surface area contributed by atoms with Crippen molar-refractivity contribution in [1.82, 2.24) is 14.9 Å². The number of rotatable bonds is 9. The SMILES string of the molecule is CN1CCC2(CC1)CC2COc1cc2ncnc(Nc3ccc(F)c(Cl)c3)c2cc1NC(=O)C=CCC1CC2CCC(C1)O2. The van der Waals surface area contributed by atoms with Crippen molar-refractivity contribution in [3.05, 3.63) is 59.7 Å². The second kappa shape index (κ2) is 12.3. The Morgan fingerprint density at radius 3 is 2.75 bits per heavy atom. The highest BCUT2D eigenvalue weighted by Gasteiger charge is 2.54. The molecule has 4 aliphatic rings. The van der Waals surface area contributed by atoms with Gasteiger partial charge in [-0.25, -0.2) is 14.4 Å². The number of nitrogens with zero attached hydrogens (tertiary/aromatic N) is 3. The van der Waals surface area contributed by atoms with E-state index >= 15 is 0 Å². The minimum absolute atomic E-state index is 0.0136. The highest BCUT2D eigenvalue weighted by Crippen LogP contribution is 2.59. The quantitative estimate of drug-likeness (QED) is 0.247. The summed E-state index contributed by atoms with van der Waals surface area (Å²) in [7, 11) is 2.18. The average molecular weight is 620 g/mol. The zero-order chi connectivity index (χ0) is 30.3. The van der Waals surface area contributed by atoms with E-state index in [0.29, 0.717) is 69.9 Å².